The average Bonchev–Trinajstić information content (AvgIpc) is 2.96. The first-order chi connectivity index (χ1) is 10.2. The minimum absolute atomic E-state index is 0.107. The van der Waals surface area contributed by atoms with Gasteiger partial charge in [0.05, 0.1) is 4.90 Å². The Hall–Kier alpha value is -1.73. The number of nitrogens with zero attached hydrogens (tertiary/aromatic N) is 2. The van der Waals surface area contributed by atoms with Crippen molar-refractivity contribution in [3.05, 3.63) is 29.8 Å². The van der Waals surface area contributed by atoms with Gasteiger partial charge in [-0.15, -0.1) is 0 Å². The number of Topliss-reactive ketones (excluding diaryl/α,β-unsaturated/α-hetero) is 1. The van der Waals surface area contributed by atoms with Gasteiger partial charge < -0.3 is 4.90 Å². The van der Waals surface area contributed by atoms with E-state index in [0.717, 1.165) is 0 Å². The van der Waals surface area contributed by atoms with Gasteiger partial charge in [0, 0.05) is 26.2 Å². The molecule has 1 aromatic rings. The maximum atomic E-state index is 12.7. The van der Waals surface area contributed by atoms with E-state index in [2.05, 4.69) is 0 Å². The third-order valence-electron chi connectivity index (χ3n) is 3.80. The molecule has 1 fully saturated rings. The zero-order chi connectivity index (χ0) is 16.5. The summed E-state index contributed by atoms with van der Waals surface area (Å²) in [6.07, 6.45) is 1.19. The highest BCUT2D eigenvalue weighted by Crippen LogP contribution is 2.27. The molecule has 1 aliphatic heterocycles. The molecule has 0 saturated carbocycles. The second kappa shape index (κ2) is 6.18. The highest BCUT2D eigenvalue weighted by atomic mass is 32.2. The van der Waals surface area contributed by atoms with Crippen molar-refractivity contribution in [2.24, 2.45) is 0 Å². The van der Waals surface area contributed by atoms with E-state index in [1.165, 1.54) is 40.4 Å². The lowest BCUT2D eigenvalue weighted by atomic mass is 10.2. The standard InChI is InChI=1S/C15H20N2O4S/c1-11(18)12-6-8-13(9-7-12)22(20,21)17-10-4-5-14(17)15(19)16(2)3/h6-9,14H,4-5,10H2,1-3H3. The van der Waals surface area contributed by atoms with Crippen LogP contribution in [0.3, 0.4) is 0 Å². The minimum Gasteiger partial charge on any atom is -0.347 e. The van der Waals surface area contributed by atoms with Crippen LogP contribution in [0.2, 0.25) is 0 Å². The van der Waals surface area contributed by atoms with Crippen LogP contribution in [-0.4, -0.2) is 56.0 Å². The zero-order valence-electron chi connectivity index (χ0n) is 12.9. The molecule has 22 heavy (non-hydrogen) atoms. The molecule has 0 aromatic heterocycles. The largest absolute Gasteiger partial charge is 0.347 e. The summed E-state index contributed by atoms with van der Waals surface area (Å²) in [6, 6.07) is 5.18. The van der Waals surface area contributed by atoms with Crippen molar-refractivity contribution in [3.63, 3.8) is 0 Å². The highest BCUT2D eigenvalue weighted by molar-refractivity contribution is 7.89. The van der Waals surface area contributed by atoms with Crippen LogP contribution in [0, 0.1) is 0 Å². The van der Waals surface area contributed by atoms with E-state index in [-0.39, 0.29) is 16.6 Å². The van der Waals surface area contributed by atoms with Crippen molar-refractivity contribution in [2.45, 2.75) is 30.7 Å². The molecule has 120 valence electrons. The molecular weight excluding hydrogens is 304 g/mol. The van der Waals surface area contributed by atoms with Gasteiger partial charge in [0.15, 0.2) is 5.78 Å². The van der Waals surface area contributed by atoms with Crippen LogP contribution < -0.4 is 0 Å². The van der Waals surface area contributed by atoms with E-state index < -0.39 is 16.1 Å². The molecule has 6 nitrogen and oxygen atoms in total. The number of sulfonamides is 1. The predicted octanol–water partition coefficient (Wildman–Crippen LogP) is 1.13. The Morgan fingerprint density at radius 2 is 1.77 bits per heavy atom. The number of hydrogen-bond acceptors (Lipinski definition) is 4. The predicted molar refractivity (Wildman–Crippen MR) is 82.1 cm³/mol. The summed E-state index contributed by atoms with van der Waals surface area (Å²) in [6.45, 7) is 1.76. The number of ketones is 1. The van der Waals surface area contributed by atoms with E-state index in [9.17, 15) is 18.0 Å². The highest BCUT2D eigenvalue weighted by Gasteiger charge is 2.39. The van der Waals surface area contributed by atoms with Crippen molar-refractivity contribution in [2.75, 3.05) is 20.6 Å². The number of likely N-dealkylation sites (N-methyl/N-ethyl adjacent to an activating group) is 1. The fraction of sp³-hybridized carbons (Fsp3) is 0.467. The van der Waals surface area contributed by atoms with Crippen molar-refractivity contribution >= 4 is 21.7 Å². The molecule has 1 atom stereocenters. The lowest BCUT2D eigenvalue weighted by Crippen LogP contribution is -2.45. The molecule has 1 unspecified atom stereocenters. The lowest BCUT2D eigenvalue weighted by molar-refractivity contribution is -0.132. The summed E-state index contributed by atoms with van der Waals surface area (Å²) in [5.41, 5.74) is 0.460. The van der Waals surface area contributed by atoms with Crippen molar-refractivity contribution < 1.29 is 18.0 Å². The summed E-state index contributed by atoms with van der Waals surface area (Å²) in [5, 5.41) is 0. The molecule has 0 bridgehead atoms. The monoisotopic (exact) mass is 324 g/mol. The molecule has 0 aliphatic carbocycles. The van der Waals surface area contributed by atoms with Gasteiger partial charge in [-0.2, -0.15) is 4.31 Å². The smallest absolute Gasteiger partial charge is 0.243 e. The summed E-state index contributed by atoms with van der Waals surface area (Å²) >= 11 is 0. The molecule has 2 rings (SSSR count). The minimum atomic E-state index is -3.73. The summed E-state index contributed by atoms with van der Waals surface area (Å²) < 4.78 is 26.7. The summed E-state index contributed by atoms with van der Waals surface area (Å²) in [5.74, 6) is -0.327. The Kier molecular flexibility index (Phi) is 4.67. The van der Waals surface area contributed by atoms with Gasteiger partial charge in [0.2, 0.25) is 15.9 Å². The quantitative estimate of drug-likeness (QED) is 0.778. The maximum Gasteiger partial charge on any atom is 0.243 e. The van der Waals surface area contributed by atoms with Crippen LogP contribution in [0.15, 0.2) is 29.2 Å². The van der Waals surface area contributed by atoms with E-state index in [4.69, 9.17) is 0 Å². The number of benzene rings is 1. The topological polar surface area (TPSA) is 74.8 Å². The maximum absolute atomic E-state index is 12.7. The average molecular weight is 324 g/mol. The van der Waals surface area contributed by atoms with Crippen LogP contribution in [0.5, 0.6) is 0 Å². The second-order valence-corrected chi connectivity index (χ2v) is 7.48. The van der Waals surface area contributed by atoms with E-state index in [1.807, 2.05) is 0 Å². The van der Waals surface area contributed by atoms with E-state index in [0.29, 0.717) is 24.9 Å². The SMILES string of the molecule is CC(=O)c1ccc(S(=O)(=O)N2CCCC2C(=O)N(C)C)cc1. The second-order valence-electron chi connectivity index (χ2n) is 5.59. The molecule has 7 heteroatoms. The van der Waals surface area contributed by atoms with Crippen molar-refractivity contribution in [3.8, 4) is 0 Å². The van der Waals surface area contributed by atoms with Crippen molar-refractivity contribution in [1.82, 2.24) is 9.21 Å². The molecular formula is C15H20N2O4S. The van der Waals surface area contributed by atoms with Crippen molar-refractivity contribution in [1.29, 1.82) is 0 Å². The molecule has 1 aromatic carbocycles. The summed E-state index contributed by atoms with van der Waals surface area (Å²) in [7, 11) is -0.498. The Morgan fingerprint density at radius 1 is 1.18 bits per heavy atom. The Labute approximate surface area is 130 Å². The van der Waals surface area contributed by atoms with E-state index in [1.54, 1.807) is 14.1 Å². The van der Waals surface area contributed by atoms with Crippen LogP contribution >= 0.6 is 0 Å². The third-order valence-corrected chi connectivity index (χ3v) is 5.72. The first-order valence-electron chi connectivity index (χ1n) is 7.09. The fourth-order valence-corrected chi connectivity index (χ4v) is 4.22. The van der Waals surface area contributed by atoms with Gasteiger partial charge in [-0.05, 0) is 31.9 Å². The Morgan fingerprint density at radius 3 is 2.27 bits per heavy atom. The van der Waals surface area contributed by atoms with Crippen LogP contribution in [-0.2, 0) is 14.8 Å². The first-order valence-corrected chi connectivity index (χ1v) is 8.53. The number of carbonyl (C=O) groups excluding carboxylic acids is 2. The third kappa shape index (κ3) is 3.05. The normalized spacial score (nSPS) is 19.1. The van der Waals surface area contributed by atoms with Crippen LogP contribution in [0.25, 0.3) is 0 Å². The first kappa shape index (κ1) is 16.6. The molecule has 1 amide bonds. The number of amides is 1. The fourth-order valence-electron chi connectivity index (χ4n) is 2.57. The van der Waals surface area contributed by atoms with Gasteiger partial charge in [-0.3, -0.25) is 9.59 Å². The number of carbonyl (C=O) groups is 2. The van der Waals surface area contributed by atoms with E-state index >= 15 is 0 Å². The summed E-state index contributed by atoms with van der Waals surface area (Å²) in [4.78, 5) is 24.9. The van der Waals surface area contributed by atoms with Gasteiger partial charge in [-0.25, -0.2) is 8.42 Å². The molecule has 0 radical (unpaired) electrons. The lowest BCUT2D eigenvalue weighted by Gasteiger charge is -2.25. The zero-order valence-corrected chi connectivity index (χ0v) is 13.8. The molecule has 1 heterocycles. The molecule has 1 aliphatic rings. The van der Waals surface area contributed by atoms with Gasteiger partial charge in [0.1, 0.15) is 6.04 Å². The molecule has 1 saturated heterocycles. The van der Waals surface area contributed by atoms with Crippen LogP contribution in [0.1, 0.15) is 30.1 Å². The number of hydrogen-bond donors (Lipinski definition) is 0. The molecule has 0 N–H and O–H groups in total. The molecule has 0 spiro atoms. The van der Waals surface area contributed by atoms with Gasteiger partial charge in [0.25, 0.3) is 0 Å². The Balaban J connectivity index is 2.33. The van der Waals surface area contributed by atoms with Gasteiger partial charge >= 0.3 is 0 Å². The Bertz CT molecular complexity index is 680. The number of rotatable bonds is 4. The van der Waals surface area contributed by atoms with Gasteiger partial charge in [-0.1, -0.05) is 12.1 Å². The van der Waals surface area contributed by atoms with Crippen LogP contribution in [0.4, 0.5) is 0 Å².